The van der Waals surface area contributed by atoms with Crippen molar-refractivity contribution in [2.24, 2.45) is 5.41 Å². The van der Waals surface area contributed by atoms with Gasteiger partial charge in [0.1, 0.15) is 5.41 Å². The lowest BCUT2D eigenvalue weighted by molar-refractivity contribution is -0.135. The Morgan fingerprint density at radius 1 is 0.923 bits per heavy atom. The van der Waals surface area contributed by atoms with Crippen molar-refractivity contribution in [3.8, 4) is 0 Å². The maximum Gasteiger partial charge on any atom is 0.239 e. The summed E-state index contributed by atoms with van der Waals surface area (Å²) in [6, 6.07) is 13.5. The van der Waals surface area contributed by atoms with E-state index in [9.17, 15) is 9.59 Å². The number of hydrogen-bond acceptors (Lipinski definition) is 2. The van der Waals surface area contributed by atoms with E-state index in [1.807, 2.05) is 56.3 Å². The highest BCUT2D eigenvalue weighted by Crippen LogP contribution is 2.30. The Morgan fingerprint density at radius 2 is 1.54 bits per heavy atom. The molecule has 4 nitrogen and oxygen atoms in total. The van der Waals surface area contributed by atoms with Crippen LogP contribution in [0.5, 0.6) is 0 Å². The van der Waals surface area contributed by atoms with Gasteiger partial charge >= 0.3 is 0 Å². The average Bonchev–Trinajstić information content (AvgIpc) is 2.56. The summed E-state index contributed by atoms with van der Waals surface area (Å²) in [5.41, 5.74) is 3.37. The average molecular weight is 352 g/mol. The monoisotopic (exact) mass is 352 g/mol. The predicted octanol–water partition coefficient (Wildman–Crippen LogP) is 5.03. The molecule has 0 aliphatic rings. The molecule has 2 aromatic carbocycles. The van der Waals surface area contributed by atoms with Gasteiger partial charge in [0.15, 0.2) is 0 Å². The van der Waals surface area contributed by atoms with E-state index in [-0.39, 0.29) is 17.7 Å². The fourth-order valence-corrected chi connectivity index (χ4v) is 2.73. The minimum absolute atomic E-state index is 0.273. The molecule has 138 valence electrons. The lowest BCUT2D eigenvalue weighted by atomic mass is 9.89. The molecule has 2 rings (SSSR count). The van der Waals surface area contributed by atoms with E-state index in [4.69, 9.17) is 0 Å². The molecule has 0 bridgehead atoms. The Hall–Kier alpha value is -2.62. The fraction of sp³-hybridized carbons (Fsp3) is 0.364. The summed E-state index contributed by atoms with van der Waals surface area (Å²) in [7, 11) is 0. The summed E-state index contributed by atoms with van der Waals surface area (Å²) < 4.78 is 0. The number of carbonyl (C=O) groups excluding carboxylic acids is 2. The van der Waals surface area contributed by atoms with E-state index >= 15 is 0 Å². The third kappa shape index (κ3) is 4.31. The van der Waals surface area contributed by atoms with Crippen molar-refractivity contribution in [2.75, 3.05) is 10.6 Å². The van der Waals surface area contributed by atoms with E-state index in [0.717, 1.165) is 22.4 Å². The van der Waals surface area contributed by atoms with Gasteiger partial charge < -0.3 is 10.6 Å². The van der Waals surface area contributed by atoms with Crippen LogP contribution >= 0.6 is 0 Å². The molecule has 0 saturated heterocycles. The predicted molar refractivity (Wildman–Crippen MR) is 107 cm³/mol. The lowest BCUT2D eigenvalue weighted by Crippen LogP contribution is -2.42. The molecule has 4 heteroatoms. The smallest absolute Gasteiger partial charge is 0.239 e. The fourth-order valence-electron chi connectivity index (χ4n) is 2.73. The van der Waals surface area contributed by atoms with Gasteiger partial charge in [0.2, 0.25) is 11.8 Å². The summed E-state index contributed by atoms with van der Waals surface area (Å²) in [5.74, 6) is -0.381. The molecule has 0 atom stereocenters. The standard InChI is InChI=1S/C22H28N2O2/c1-14(2)18-12-8-10-16(4)19(18)24-21(26)22(5,6)20(25)23-17-11-7-9-15(3)13-17/h7-14H,1-6H3,(H,23,25)(H,24,26). The molecule has 26 heavy (non-hydrogen) atoms. The summed E-state index contributed by atoms with van der Waals surface area (Å²) in [6.45, 7) is 11.4. The van der Waals surface area contributed by atoms with Gasteiger partial charge in [-0.05, 0) is 62.4 Å². The molecule has 2 N–H and O–H groups in total. The van der Waals surface area contributed by atoms with Crippen LogP contribution in [0.25, 0.3) is 0 Å². The van der Waals surface area contributed by atoms with Crippen molar-refractivity contribution in [1.29, 1.82) is 0 Å². The first-order valence-electron chi connectivity index (χ1n) is 8.92. The zero-order valence-electron chi connectivity index (χ0n) is 16.4. The SMILES string of the molecule is Cc1cccc(NC(=O)C(C)(C)C(=O)Nc2c(C)cccc2C(C)C)c1. The molecule has 2 aromatic rings. The van der Waals surface area contributed by atoms with E-state index in [0.29, 0.717) is 5.69 Å². The molecule has 0 aliphatic carbocycles. The molecule has 0 unspecified atom stereocenters. The lowest BCUT2D eigenvalue weighted by Gasteiger charge is -2.25. The highest BCUT2D eigenvalue weighted by atomic mass is 16.2. The molecule has 0 aliphatic heterocycles. The zero-order chi connectivity index (χ0) is 19.5. The molecule has 0 spiro atoms. The van der Waals surface area contributed by atoms with Crippen LogP contribution < -0.4 is 10.6 Å². The van der Waals surface area contributed by atoms with E-state index < -0.39 is 5.41 Å². The van der Waals surface area contributed by atoms with Crippen LogP contribution in [0.15, 0.2) is 42.5 Å². The first-order chi connectivity index (χ1) is 12.1. The number of carbonyl (C=O) groups is 2. The zero-order valence-corrected chi connectivity index (χ0v) is 16.4. The topological polar surface area (TPSA) is 58.2 Å². The molecule has 0 fully saturated rings. The van der Waals surface area contributed by atoms with Crippen LogP contribution in [-0.4, -0.2) is 11.8 Å². The summed E-state index contributed by atoms with van der Waals surface area (Å²) >= 11 is 0. The van der Waals surface area contributed by atoms with Crippen LogP contribution in [0.4, 0.5) is 11.4 Å². The van der Waals surface area contributed by atoms with Crippen LogP contribution in [-0.2, 0) is 9.59 Å². The first-order valence-corrected chi connectivity index (χ1v) is 8.92. The Morgan fingerprint density at radius 3 is 2.15 bits per heavy atom. The van der Waals surface area contributed by atoms with E-state index in [1.54, 1.807) is 13.8 Å². The second-order valence-electron chi connectivity index (χ2n) is 7.60. The van der Waals surface area contributed by atoms with Gasteiger partial charge in [0, 0.05) is 11.4 Å². The number of rotatable bonds is 5. The minimum atomic E-state index is -1.21. The van der Waals surface area contributed by atoms with Crippen LogP contribution in [0.2, 0.25) is 0 Å². The Balaban J connectivity index is 2.21. The third-order valence-corrected chi connectivity index (χ3v) is 4.58. The van der Waals surface area contributed by atoms with E-state index in [1.165, 1.54) is 0 Å². The summed E-state index contributed by atoms with van der Waals surface area (Å²) in [5, 5.41) is 5.82. The van der Waals surface area contributed by atoms with Crippen molar-refractivity contribution in [2.45, 2.75) is 47.5 Å². The minimum Gasteiger partial charge on any atom is -0.325 e. The summed E-state index contributed by atoms with van der Waals surface area (Å²) in [4.78, 5) is 25.6. The normalized spacial score (nSPS) is 11.3. The van der Waals surface area contributed by atoms with Gasteiger partial charge in [-0.2, -0.15) is 0 Å². The highest BCUT2D eigenvalue weighted by Gasteiger charge is 2.36. The Kier molecular flexibility index (Phi) is 5.86. The molecule has 2 amide bonds. The Bertz CT molecular complexity index is 823. The van der Waals surface area contributed by atoms with Gasteiger partial charge in [-0.15, -0.1) is 0 Å². The number of nitrogens with one attached hydrogen (secondary N) is 2. The van der Waals surface area contributed by atoms with Crippen molar-refractivity contribution in [1.82, 2.24) is 0 Å². The molecule has 0 radical (unpaired) electrons. The number of para-hydroxylation sites is 1. The van der Waals surface area contributed by atoms with Gasteiger partial charge in [-0.1, -0.05) is 44.2 Å². The summed E-state index contributed by atoms with van der Waals surface area (Å²) in [6.07, 6.45) is 0. The number of benzene rings is 2. The van der Waals surface area contributed by atoms with Gasteiger partial charge in [0.05, 0.1) is 0 Å². The quantitative estimate of drug-likeness (QED) is 0.742. The van der Waals surface area contributed by atoms with Gasteiger partial charge in [0.25, 0.3) is 0 Å². The van der Waals surface area contributed by atoms with Crippen LogP contribution in [0.1, 0.15) is 50.3 Å². The van der Waals surface area contributed by atoms with Crippen molar-refractivity contribution in [3.63, 3.8) is 0 Å². The van der Waals surface area contributed by atoms with Crippen molar-refractivity contribution in [3.05, 3.63) is 59.2 Å². The Labute approximate surface area is 156 Å². The molecule has 0 saturated carbocycles. The first kappa shape index (κ1) is 19.7. The number of amides is 2. The van der Waals surface area contributed by atoms with Crippen LogP contribution in [0, 0.1) is 19.3 Å². The van der Waals surface area contributed by atoms with Gasteiger partial charge in [-0.3, -0.25) is 9.59 Å². The molecular weight excluding hydrogens is 324 g/mol. The van der Waals surface area contributed by atoms with E-state index in [2.05, 4.69) is 24.5 Å². The molecule has 0 aromatic heterocycles. The number of aryl methyl sites for hydroxylation is 2. The highest BCUT2D eigenvalue weighted by molar-refractivity contribution is 6.14. The number of hydrogen-bond donors (Lipinski definition) is 2. The molecular formula is C22H28N2O2. The van der Waals surface area contributed by atoms with Crippen LogP contribution in [0.3, 0.4) is 0 Å². The van der Waals surface area contributed by atoms with Crippen molar-refractivity contribution < 1.29 is 9.59 Å². The maximum absolute atomic E-state index is 12.9. The van der Waals surface area contributed by atoms with Crippen molar-refractivity contribution >= 4 is 23.2 Å². The molecule has 0 heterocycles. The third-order valence-electron chi connectivity index (χ3n) is 4.58. The maximum atomic E-state index is 12.9. The van der Waals surface area contributed by atoms with Gasteiger partial charge in [-0.25, -0.2) is 0 Å². The number of anilines is 2. The largest absolute Gasteiger partial charge is 0.325 e. The second kappa shape index (κ2) is 7.73. The second-order valence-corrected chi connectivity index (χ2v) is 7.60.